The van der Waals surface area contributed by atoms with Crippen LogP contribution in [0.25, 0.3) is 0 Å². The normalized spacial score (nSPS) is 10.1. The van der Waals surface area contributed by atoms with Gasteiger partial charge in [0.15, 0.2) is 0 Å². The van der Waals surface area contributed by atoms with Crippen LogP contribution in [-0.2, 0) is 19.1 Å². The van der Waals surface area contributed by atoms with E-state index in [9.17, 15) is 39.9 Å². The smallest absolute Gasteiger partial charge is 0.366 e. The van der Waals surface area contributed by atoms with Gasteiger partial charge >= 0.3 is 29.0 Å². The monoisotopic (exact) mass is 457 g/mol. The van der Waals surface area contributed by atoms with Crippen LogP contribution in [-0.4, -0.2) is 50.1 Å². The van der Waals surface area contributed by atoms with Gasteiger partial charge < -0.3 is 19.7 Å². The van der Waals surface area contributed by atoms with Gasteiger partial charge in [0.25, 0.3) is 11.5 Å². The fraction of sp³-hybridized carbons (Fsp3) is 0.294. The Bertz CT molecular complexity index is 890. The number of carbonyl (C=O) groups is 2. The van der Waals surface area contributed by atoms with E-state index in [2.05, 4.69) is 13.2 Å². The standard InChI is InChI=1S/C11H16O4.C6H3N3O8/c1-5-9(12)14-7-11(3,4)8-15-10(13)6-2;10-5-2(7(12)13)1-3(8(14)15)6(11)4(5)9(16)17/h5-6H,1-2,7-8H2,3-4H3;1,10-11H. The zero-order valence-electron chi connectivity index (χ0n) is 16.9. The van der Waals surface area contributed by atoms with Gasteiger partial charge in [-0.2, -0.15) is 0 Å². The third kappa shape index (κ3) is 8.05. The molecule has 1 aromatic rings. The lowest BCUT2D eigenvalue weighted by molar-refractivity contribution is -0.405. The number of esters is 2. The van der Waals surface area contributed by atoms with Gasteiger partial charge in [0.2, 0.25) is 0 Å². The molecule has 15 heteroatoms. The zero-order chi connectivity index (χ0) is 25.2. The molecule has 0 bridgehead atoms. The van der Waals surface area contributed by atoms with E-state index in [1.165, 1.54) is 0 Å². The molecule has 2 N–H and O–H groups in total. The molecule has 0 aliphatic rings. The van der Waals surface area contributed by atoms with Crippen LogP contribution in [0, 0.1) is 35.8 Å². The number of hydrogen-bond donors (Lipinski definition) is 2. The third-order valence-electron chi connectivity index (χ3n) is 3.33. The number of nitro benzene ring substituents is 3. The van der Waals surface area contributed by atoms with E-state index in [0.29, 0.717) is 0 Å². The first-order valence-electron chi connectivity index (χ1n) is 8.29. The summed E-state index contributed by atoms with van der Waals surface area (Å²) in [5.41, 5.74) is -4.37. The highest BCUT2D eigenvalue weighted by Gasteiger charge is 2.37. The average molecular weight is 457 g/mol. The molecule has 15 nitrogen and oxygen atoms in total. The summed E-state index contributed by atoms with van der Waals surface area (Å²) < 4.78 is 9.70. The number of nitrogens with zero attached hydrogens (tertiary/aromatic N) is 3. The van der Waals surface area contributed by atoms with Gasteiger partial charge in [-0.05, 0) is 0 Å². The second-order valence-corrected chi connectivity index (χ2v) is 6.52. The Hall–Kier alpha value is -4.56. The van der Waals surface area contributed by atoms with Crippen LogP contribution in [0.15, 0.2) is 31.4 Å². The van der Waals surface area contributed by atoms with Gasteiger partial charge in [-0.3, -0.25) is 30.3 Å². The summed E-state index contributed by atoms with van der Waals surface area (Å²) in [5, 5.41) is 49.5. The maximum Gasteiger partial charge on any atom is 0.366 e. The van der Waals surface area contributed by atoms with Crippen molar-refractivity contribution in [2.45, 2.75) is 13.8 Å². The Morgan fingerprint density at radius 2 is 1.25 bits per heavy atom. The van der Waals surface area contributed by atoms with Crippen LogP contribution in [0.2, 0.25) is 0 Å². The number of phenols is 2. The molecule has 0 saturated carbocycles. The van der Waals surface area contributed by atoms with Crippen molar-refractivity contribution in [2.24, 2.45) is 5.41 Å². The molecular formula is C17H19N3O12. The number of phenolic OH excluding ortho intramolecular Hbond substituents is 2. The Balaban J connectivity index is 0.000000607. The van der Waals surface area contributed by atoms with E-state index in [1.54, 1.807) is 0 Å². The lowest BCUT2D eigenvalue weighted by atomic mass is 9.96. The first-order valence-corrected chi connectivity index (χ1v) is 8.29. The first kappa shape index (κ1) is 27.4. The SMILES string of the molecule is C=CC(=O)OCC(C)(C)COC(=O)C=C.O=[N+]([O-])c1cc([N+](=O)[O-])c(O)c([N+](=O)[O-])c1O. The molecule has 0 aliphatic heterocycles. The summed E-state index contributed by atoms with van der Waals surface area (Å²) in [7, 11) is 0. The van der Waals surface area contributed by atoms with Gasteiger partial charge in [-0.25, -0.2) is 9.59 Å². The zero-order valence-corrected chi connectivity index (χ0v) is 16.9. The van der Waals surface area contributed by atoms with Gasteiger partial charge in [-0.1, -0.05) is 27.0 Å². The molecule has 0 unspecified atom stereocenters. The summed E-state index contributed by atoms with van der Waals surface area (Å²) in [6.45, 7) is 10.5. The van der Waals surface area contributed by atoms with Gasteiger partial charge in [0.05, 0.1) is 28.0 Å². The lowest BCUT2D eigenvalue weighted by Gasteiger charge is -2.22. The number of ether oxygens (including phenoxy) is 2. The second kappa shape index (κ2) is 11.6. The molecule has 174 valence electrons. The molecule has 32 heavy (non-hydrogen) atoms. The fourth-order valence-electron chi connectivity index (χ4n) is 1.76. The molecule has 0 atom stereocenters. The number of rotatable bonds is 9. The predicted molar refractivity (Wildman–Crippen MR) is 106 cm³/mol. The first-order chi connectivity index (χ1) is 14.7. The van der Waals surface area contributed by atoms with Crippen LogP contribution in [0.1, 0.15) is 13.8 Å². The minimum atomic E-state index is -1.48. The molecular weight excluding hydrogens is 438 g/mol. The van der Waals surface area contributed by atoms with Crippen molar-refractivity contribution in [1.29, 1.82) is 0 Å². The van der Waals surface area contributed by atoms with Gasteiger partial charge in [0, 0.05) is 17.6 Å². The Labute approximate surface area is 179 Å². The molecule has 0 radical (unpaired) electrons. The van der Waals surface area contributed by atoms with Crippen molar-refractivity contribution in [3.8, 4) is 11.5 Å². The highest BCUT2D eigenvalue weighted by Crippen LogP contribution is 2.47. The van der Waals surface area contributed by atoms with Crippen molar-refractivity contribution in [3.05, 3.63) is 61.7 Å². The highest BCUT2D eigenvalue weighted by molar-refractivity contribution is 5.81. The van der Waals surface area contributed by atoms with Crippen LogP contribution in [0.3, 0.4) is 0 Å². The predicted octanol–water partition coefficient (Wildman–Crippen LogP) is 2.29. The summed E-state index contributed by atoms with van der Waals surface area (Å²) in [6, 6.07) is 0.234. The van der Waals surface area contributed by atoms with Crippen molar-refractivity contribution < 1.29 is 44.0 Å². The van der Waals surface area contributed by atoms with Crippen LogP contribution in [0.4, 0.5) is 17.1 Å². The largest absolute Gasteiger partial charge is 0.497 e. The Morgan fingerprint density at radius 1 is 0.906 bits per heavy atom. The quantitative estimate of drug-likeness (QED) is 0.236. The van der Waals surface area contributed by atoms with E-state index in [-0.39, 0.29) is 19.3 Å². The Morgan fingerprint density at radius 3 is 1.50 bits per heavy atom. The molecule has 0 spiro atoms. The highest BCUT2D eigenvalue weighted by atomic mass is 16.6. The van der Waals surface area contributed by atoms with Crippen LogP contribution >= 0.6 is 0 Å². The summed E-state index contributed by atoms with van der Waals surface area (Å²) in [6.07, 6.45) is 2.18. The molecule has 0 aliphatic carbocycles. The number of aromatic hydroxyl groups is 2. The second-order valence-electron chi connectivity index (χ2n) is 6.52. The third-order valence-corrected chi connectivity index (χ3v) is 3.33. The molecule has 0 heterocycles. The lowest BCUT2D eigenvalue weighted by Crippen LogP contribution is -2.27. The van der Waals surface area contributed by atoms with Crippen LogP contribution < -0.4 is 0 Å². The number of carbonyl (C=O) groups excluding carboxylic acids is 2. The van der Waals surface area contributed by atoms with Crippen LogP contribution in [0.5, 0.6) is 11.5 Å². The number of hydrogen-bond acceptors (Lipinski definition) is 12. The molecule has 0 aromatic heterocycles. The number of benzene rings is 1. The van der Waals surface area contributed by atoms with Gasteiger partial charge in [-0.15, -0.1) is 0 Å². The van der Waals surface area contributed by atoms with E-state index >= 15 is 0 Å². The van der Waals surface area contributed by atoms with E-state index in [4.69, 9.17) is 19.7 Å². The molecule has 0 fully saturated rings. The maximum atomic E-state index is 10.8. The Kier molecular flexibility index (Phi) is 9.93. The topological polar surface area (TPSA) is 222 Å². The summed E-state index contributed by atoms with van der Waals surface area (Å²) >= 11 is 0. The van der Waals surface area contributed by atoms with Crippen molar-refractivity contribution >= 4 is 29.0 Å². The maximum absolute atomic E-state index is 10.8. The van der Waals surface area contributed by atoms with E-state index in [1.807, 2.05) is 13.8 Å². The summed E-state index contributed by atoms with van der Waals surface area (Å²) in [4.78, 5) is 49.0. The van der Waals surface area contributed by atoms with Gasteiger partial charge in [0.1, 0.15) is 6.07 Å². The van der Waals surface area contributed by atoms with Crippen molar-refractivity contribution in [2.75, 3.05) is 13.2 Å². The van der Waals surface area contributed by atoms with E-state index < -0.39 is 60.7 Å². The van der Waals surface area contributed by atoms with E-state index in [0.717, 1.165) is 12.2 Å². The molecule has 1 rings (SSSR count). The van der Waals surface area contributed by atoms with Crippen molar-refractivity contribution in [1.82, 2.24) is 0 Å². The number of nitro groups is 3. The van der Waals surface area contributed by atoms with Crippen molar-refractivity contribution in [3.63, 3.8) is 0 Å². The minimum Gasteiger partial charge on any atom is -0.497 e. The molecule has 0 saturated heterocycles. The minimum absolute atomic E-state index is 0.169. The molecule has 1 aromatic carbocycles. The average Bonchev–Trinajstić information content (AvgIpc) is 2.70. The fourth-order valence-corrected chi connectivity index (χ4v) is 1.76. The molecule has 0 amide bonds. The summed E-state index contributed by atoms with van der Waals surface area (Å²) in [5.74, 6) is -3.86.